The van der Waals surface area contributed by atoms with Crippen molar-refractivity contribution in [3.05, 3.63) is 39.7 Å². The molecule has 0 fully saturated rings. The number of fused-ring (bicyclic) bond motifs is 1. The van der Waals surface area contributed by atoms with Gasteiger partial charge in [0, 0.05) is 30.6 Å². The minimum Gasteiger partial charge on any atom is -0.460 e. The van der Waals surface area contributed by atoms with Gasteiger partial charge in [0.05, 0.1) is 12.0 Å². The number of rotatable bonds is 5. The van der Waals surface area contributed by atoms with Crippen molar-refractivity contribution in [2.45, 2.75) is 31.6 Å². The second-order valence-corrected chi connectivity index (χ2v) is 6.62. The van der Waals surface area contributed by atoms with E-state index in [1.54, 1.807) is 33.2 Å². The topological polar surface area (TPSA) is 76.8 Å². The van der Waals surface area contributed by atoms with Crippen molar-refractivity contribution in [3.8, 4) is 0 Å². The van der Waals surface area contributed by atoms with Gasteiger partial charge in [-0.3, -0.25) is 9.59 Å². The van der Waals surface area contributed by atoms with E-state index in [2.05, 4.69) is 0 Å². The van der Waals surface area contributed by atoms with E-state index >= 15 is 0 Å². The van der Waals surface area contributed by atoms with Crippen LogP contribution >= 0.6 is 11.8 Å². The maximum atomic E-state index is 12.4. The number of hydrogen-bond donors (Lipinski definition) is 0. The summed E-state index contributed by atoms with van der Waals surface area (Å²) in [4.78, 5) is 38.6. The minimum atomic E-state index is -0.675. The second-order valence-electron chi connectivity index (χ2n) is 5.63. The first kappa shape index (κ1) is 19.1. The number of carbonyl (C=O) groups excluding carboxylic acids is 2. The summed E-state index contributed by atoms with van der Waals surface area (Å²) >= 11 is 1.07. The van der Waals surface area contributed by atoms with Gasteiger partial charge in [-0.2, -0.15) is 0 Å². The summed E-state index contributed by atoms with van der Waals surface area (Å²) in [5, 5.41) is 0.263. The van der Waals surface area contributed by atoms with Gasteiger partial charge in [-0.05, 0) is 37.2 Å². The van der Waals surface area contributed by atoms with Crippen molar-refractivity contribution in [2.75, 3.05) is 20.7 Å². The van der Waals surface area contributed by atoms with Crippen molar-refractivity contribution in [1.82, 2.24) is 4.90 Å². The lowest BCUT2D eigenvalue weighted by atomic mass is 10.1. The van der Waals surface area contributed by atoms with Gasteiger partial charge in [0.25, 0.3) is 5.24 Å². The largest absolute Gasteiger partial charge is 0.460 e. The SMILES string of the molecule is CCCc1c(SC(=O)N(C)C)ccc2c(=O)cc(C(=O)OCC)oc12. The van der Waals surface area contributed by atoms with E-state index < -0.39 is 5.97 Å². The number of carbonyl (C=O) groups is 2. The molecule has 7 heteroatoms. The van der Waals surface area contributed by atoms with E-state index in [-0.39, 0.29) is 23.0 Å². The molecular weight excluding hydrogens is 342 g/mol. The molecule has 0 atom stereocenters. The van der Waals surface area contributed by atoms with Crippen LogP contribution in [0.25, 0.3) is 11.0 Å². The molecule has 2 aromatic rings. The third-order valence-corrected chi connectivity index (χ3v) is 4.64. The predicted octanol–water partition coefficient (Wildman–Crippen LogP) is 3.70. The zero-order valence-electron chi connectivity index (χ0n) is 14.8. The van der Waals surface area contributed by atoms with Crippen molar-refractivity contribution in [2.24, 2.45) is 0 Å². The predicted molar refractivity (Wildman–Crippen MR) is 97.4 cm³/mol. The summed E-state index contributed by atoms with van der Waals surface area (Å²) in [5.74, 6) is -0.802. The third kappa shape index (κ3) is 4.22. The van der Waals surface area contributed by atoms with E-state index in [0.717, 1.165) is 34.7 Å². The molecule has 1 amide bonds. The van der Waals surface area contributed by atoms with Gasteiger partial charge < -0.3 is 14.1 Å². The standard InChI is InChI=1S/C18H21NO5S/c1-5-7-12-15(25-18(22)19(3)4)9-8-11-13(20)10-14(24-16(11)12)17(21)23-6-2/h8-10H,5-7H2,1-4H3. The molecule has 0 aliphatic carbocycles. The van der Waals surface area contributed by atoms with Crippen molar-refractivity contribution >= 4 is 33.9 Å². The van der Waals surface area contributed by atoms with Gasteiger partial charge in [0.2, 0.25) is 5.76 Å². The van der Waals surface area contributed by atoms with Gasteiger partial charge in [-0.25, -0.2) is 4.79 Å². The highest BCUT2D eigenvalue weighted by Crippen LogP contribution is 2.31. The molecule has 0 unspecified atom stereocenters. The molecule has 0 N–H and O–H groups in total. The van der Waals surface area contributed by atoms with Crippen molar-refractivity contribution in [1.29, 1.82) is 0 Å². The molecule has 2 rings (SSSR count). The lowest BCUT2D eigenvalue weighted by Gasteiger charge is -2.14. The Morgan fingerprint density at radius 1 is 1.24 bits per heavy atom. The molecule has 0 saturated heterocycles. The third-order valence-electron chi connectivity index (χ3n) is 3.50. The Bertz CT molecular complexity index is 856. The van der Waals surface area contributed by atoms with Gasteiger partial charge in [-0.15, -0.1) is 0 Å². The average Bonchev–Trinajstić information content (AvgIpc) is 2.56. The summed E-state index contributed by atoms with van der Waals surface area (Å²) in [6, 6.07) is 4.52. The molecular formula is C18H21NO5S. The first-order valence-corrected chi connectivity index (χ1v) is 8.86. The summed E-state index contributed by atoms with van der Waals surface area (Å²) < 4.78 is 10.6. The van der Waals surface area contributed by atoms with Crippen LogP contribution in [0.5, 0.6) is 0 Å². The van der Waals surface area contributed by atoms with Gasteiger partial charge in [-0.1, -0.05) is 13.3 Å². The van der Waals surface area contributed by atoms with Crippen LogP contribution < -0.4 is 5.43 Å². The Morgan fingerprint density at radius 2 is 1.96 bits per heavy atom. The van der Waals surface area contributed by atoms with E-state index in [0.29, 0.717) is 17.4 Å². The number of amides is 1. The van der Waals surface area contributed by atoms with Crippen LogP contribution in [0.2, 0.25) is 0 Å². The summed E-state index contributed by atoms with van der Waals surface area (Å²) in [7, 11) is 3.35. The van der Waals surface area contributed by atoms with Crippen LogP contribution in [-0.4, -0.2) is 36.8 Å². The van der Waals surface area contributed by atoms with E-state index in [4.69, 9.17) is 9.15 Å². The Labute approximate surface area is 150 Å². The van der Waals surface area contributed by atoms with E-state index in [1.165, 1.54) is 4.90 Å². The Kier molecular flexibility index (Phi) is 6.25. The molecule has 0 aliphatic heterocycles. The van der Waals surface area contributed by atoms with Gasteiger partial charge in [0.1, 0.15) is 5.58 Å². The number of aryl methyl sites for hydroxylation is 1. The van der Waals surface area contributed by atoms with Crippen LogP contribution in [0.3, 0.4) is 0 Å². The molecule has 6 nitrogen and oxygen atoms in total. The molecule has 0 aliphatic rings. The number of nitrogens with zero attached hydrogens (tertiary/aromatic N) is 1. The molecule has 134 valence electrons. The van der Waals surface area contributed by atoms with Crippen molar-refractivity contribution in [3.63, 3.8) is 0 Å². The lowest BCUT2D eigenvalue weighted by Crippen LogP contribution is -2.16. The fourth-order valence-corrected chi connectivity index (χ4v) is 3.15. The highest BCUT2D eigenvalue weighted by atomic mass is 32.2. The fraction of sp³-hybridized carbons (Fsp3) is 0.389. The van der Waals surface area contributed by atoms with Crippen LogP contribution in [-0.2, 0) is 11.2 Å². The highest BCUT2D eigenvalue weighted by molar-refractivity contribution is 8.13. The second kappa shape index (κ2) is 8.20. The summed E-state index contributed by atoms with van der Waals surface area (Å²) in [6.45, 7) is 3.87. The first-order chi connectivity index (χ1) is 11.9. The number of benzene rings is 1. The zero-order valence-corrected chi connectivity index (χ0v) is 15.6. The van der Waals surface area contributed by atoms with Gasteiger partial charge in [0.15, 0.2) is 5.43 Å². The van der Waals surface area contributed by atoms with Crippen molar-refractivity contribution < 1.29 is 18.7 Å². The number of thioether (sulfide) groups is 1. The monoisotopic (exact) mass is 363 g/mol. The molecule has 1 aromatic heterocycles. The quantitative estimate of drug-likeness (QED) is 0.595. The van der Waals surface area contributed by atoms with Crippen LogP contribution in [0, 0.1) is 0 Å². The fourth-order valence-electron chi connectivity index (χ4n) is 2.33. The maximum absolute atomic E-state index is 12.4. The maximum Gasteiger partial charge on any atom is 0.374 e. The smallest absolute Gasteiger partial charge is 0.374 e. The summed E-state index contributed by atoms with van der Waals surface area (Å²) in [5.41, 5.74) is 0.787. The van der Waals surface area contributed by atoms with Gasteiger partial charge >= 0.3 is 5.97 Å². The number of esters is 1. The minimum absolute atomic E-state index is 0.124. The Hall–Kier alpha value is -2.28. The lowest BCUT2D eigenvalue weighted by molar-refractivity contribution is 0.0490. The Balaban J connectivity index is 2.65. The van der Waals surface area contributed by atoms with Crippen LogP contribution in [0.4, 0.5) is 4.79 Å². The average molecular weight is 363 g/mol. The molecule has 0 spiro atoms. The first-order valence-electron chi connectivity index (χ1n) is 8.05. The molecule has 25 heavy (non-hydrogen) atoms. The molecule has 1 heterocycles. The highest BCUT2D eigenvalue weighted by Gasteiger charge is 2.19. The summed E-state index contributed by atoms with van der Waals surface area (Å²) in [6.07, 6.45) is 1.42. The molecule has 0 radical (unpaired) electrons. The number of ether oxygens (including phenoxy) is 1. The molecule has 1 aromatic carbocycles. The van der Waals surface area contributed by atoms with E-state index in [1.807, 2.05) is 6.92 Å². The number of hydrogen-bond acceptors (Lipinski definition) is 6. The normalized spacial score (nSPS) is 10.7. The zero-order chi connectivity index (χ0) is 18.6. The van der Waals surface area contributed by atoms with Crippen LogP contribution in [0.15, 0.2) is 32.3 Å². The Morgan fingerprint density at radius 3 is 2.56 bits per heavy atom. The molecule has 0 bridgehead atoms. The van der Waals surface area contributed by atoms with Crippen LogP contribution in [0.1, 0.15) is 36.4 Å². The van der Waals surface area contributed by atoms with E-state index in [9.17, 15) is 14.4 Å². The molecule has 0 saturated carbocycles.